The van der Waals surface area contributed by atoms with Gasteiger partial charge in [0.25, 0.3) is 5.91 Å². The van der Waals surface area contributed by atoms with E-state index < -0.39 is 23.6 Å². The van der Waals surface area contributed by atoms with Crippen LogP contribution in [0.5, 0.6) is 5.75 Å². The molecular formula is C17H14F2N2O3. The van der Waals surface area contributed by atoms with Crippen LogP contribution in [0.1, 0.15) is 12.0 Å². The topological polar surface area (TPSA) is 59.9 Å². The highest BCUT2D eigenvalue weighted by Gasteiger charge is 2.29. The molecule has 0 bridgehead atoms. The Bertz CT molecular complexity index is 791. The Morgan fingerprint density at radius 1 is 1.25 bits per heavy atom. The number of amides is 1. The number of ether oxygens (including phenoxy) is 1. The Morgan fingerprint density at radius 3 is 2.67 bits per heavy atom. The predicted molar refractivity (Wildman–Crippen MR) is 84.0 cm³/mol. The van der Waals surface area contributed by atoms with E-state index in [1.165, 1.54) is 0 Å². The highest BCUT2D eigenvalue weighted by atomic mass is 19.1. The minimum atomic E-state index is -0.869. The van der Waals surface area contributed by atoms with Crippen LogP contribution >= 0.6 is 0 Å². The Kier molecular flexibility index (Phi) is 4.41. The number of halogens is 2. The van der Waals surface area contributed by atoms with Gasteiger partial charge in [0.15, 0.2) is 0 Å². The molecule has 5 nitrogen and oxygen atoms in total. The Hall–Kier alpha value is -2.96. The number of carbonyl (C=O) groups excluding carboxylic acids is 1. The zero-order valence-corrected chi connectivity index (χ0v) is 12.8. The molecule has 24 heavy (non-hydrogen) atoms. The van der Waals surface area contributed by atoms with Crippen molar-refractivity contribution in [1.82, 2.24) is 0 Å². The average molecular weight is 332 g/mol. The van der Waals surface area contributed by atoms with Crippen LogP contribution in [0.15, 0.2) is 47.6 Å². The lowest BCUT2D eigenvalue weighted by Gasteiger charge is -2.10. The molecule has 0 radical (unpaired) electrons. The van der Waals surface area contributed by atoms with Crippen molar-refractivity contribution in [2.24, 2.45) is 5.16 Å². The number of rotatable bonds is 4. The summed E-state index contributed by atoms with van der Waals surface area (Å²) in [5.74, 6) is -1.41. The minimum absolute atomic E-state index is 0.108. The van der Waals surface area contributed by atoms with Gasteiger partial charge < -0.3 is 14.9 Å². The molecule has 0 aromatic heterocycles. The maximum atomic E-state index is 13.6. The van der Waals surface area contributed by atoms with E-state index in [1.807, 2.05) is 0 Å². The Morgan fingerprint density at radius 2 is 2.00 bits per heavy atom. The molecule has 2 aromatic carbocycles. The lowest BCUT2D eigenvalue weighted by atomic mass is 10.0. The van der Waals surface area contributed by atoms with Gasteiger partial charge in [-0.1, -0.05) is 5.16 Å². The summed E-state index contributed by atoms with van der Waals surface area (Å²) in [6.07, 6.45) is -0.618. The van der Waals surface area contributed by atoms with E-state index in [2.05, 4.69) is 10.5 Å². The summed E-state index contributed by atoms with van der Waals surface area (Å²) >= 11 is 0. The second-order valence-electron chi connectivity index (χ2n) is 5.18. The first-order chi connectivity index (χ1) is 11.6. The molecular weight excluding hydrogens is 318 g/mol. The van der Waals surface area contributed by atoms with Crippen molar-refractivity contribution in [2.75, 3.05) is 12.4 Å². The van der Waals surface area contributed by atoms with Gasteiger partial charge in [0, 0.05) is 12.5 Å². The maximum Gasteiger partial charge on any atom is 0.268 e. The summed E-state index contributed by atoms with van der Waals surface area (Å²) in [6.45, 7) is 0. The molecule has 3 rings (SSSR count). The van der Waals surface area contributed by atoms with Crippen molar-refractivity contribution in [2.45, 2.75) is 12.5 Å². The van der Waals surface area contributed by atoms with Crippen LogP contribution in [0.25, 0.3) is 0 Å². The summed E-state index contributed by atoms with van der Waals surface area (Å²) in [6, 6.07) is 10.1. The molecule has 2 aromatic rings. The number of nitrogens with one attached hydrogen (secondary N) is 1. The monoisotopic (exact) mass is 332 g/mol. The Labute approximate surface area is 136 Å². The molecule has 1 amide bonds. The number of hydrogen-bond donors (Lipinski definition) is 1. The van der Waals surface area contributed by atoms with E-state index in [0.717, 1.165) is 17.7 Å². The number of anilines is 1. The quantitative estimate of drug-likeness (QED) is 0.936. The number of methoxy groups -OCH3 is 1. The van der Waals surface area contributed by atoms with E-state index in [4.69, 9.17) is 9.57 Å². The Balaban J connectivity index is 1.64. The second-order valence-corrected chi connectivity index (χ2v) is 5.18. The SMILES string of the molecule is COc1ccc(C2=NOC(C(=O)Nc3ccc(F)cc3F)C2)cc1. The lowest BCUT2D eigenvalue weighted by molar-refractivity contribution is -0.125. The number of nitrogens with zero attached hydrogens (tertiary/aromatic N) is 1. The van der Waals surface area contributed by atoms with Gasteiger partial charge in [-0.25, -0.2) is 8.78 Å². The van der Waals surface area contributed by atoms with E-state index in [0.29, 0.717) is 17.5 Å². The fourth-order valence-corrected chi connectivity index (χ4v) is 2.28. The van der Waals surface area contributed by atoms with Crippen LogP contribution < -0.4 is 10.1 Å². The van der Waals surface area contributed by atoms with Crippen LogP contribution in [0.2, 0.25) is 0 Å². The molecule has 124 valence electrons. The molecule has 1 N–H and O–H groups in total. The predicted octanol–water partition coefficient (Wildman–Crippen LogP) is 3.11. The molecule has 0 aliphatic carbocycles. The summed E-state index contributed by atoms with van der Waals surface area (Å²) in [7, 11) is 1.57. The van der Waals surface area contributed by atoms with Gasteiger partial charge >= 0.3 is 0 Å². The van der Waals surface area contributed by atoms with Crippen molar-refractivity contribution in [3.05, 3.63) is 59.7 Å². The van der Waals surface area contributed by atoms with E-state index >= 15 is 0 Å². The van der Waals surface area contributed by atoms with Crippen molar-refractivity contribution >= 4 is 17.3 Å². The average Bonchev–Trinajstić information content (AvgIpc) is 3.07. The van der Waals surface area contributed by atoms with E-state index in [1.54, 1.807) is 31.4 Å². The number of hydrogen-bond acceptors (Lipinski definition) is 4. The second kappa shape index (κ2) is 6.66. The van der Waals surface area contributed by atoms with Crippen molar-refractivity contribution in [3.8, 4) is 5.75 Å². The largest absolute Gasteiger partial charge is 0.497 e. The van der Waals surface area contributed by atoms with Crippen LogP contribution in [-0.4, -0.2) is 24.8 Å². The third kappa shape index (κ3) is 3.34. The lowest BCUT2D eigenvalue weighted by Crippen LogP contribution is -2.28. The normalized spacial score (nSPS) is 16.3. The van der Waals surface area contributed by atoms with Crippen molar-refractivity contribution < 1.29 is 23.1 Å². The van der Waals surface area contributed by atoms with E-state index in [-0.39, 0.29) is 12.1 Å². The highest BCUT2D eigenvalue weighted by molar-refractivity contribution is 6.06. The van der Waals surface area contributed by atoms with Gasteiger partial charge in [-0.3, -0.25) is 4.79 Å². The van der Waals surface area contributed by atoms with E-state index in [9.17, 15) is 13.6 Å². The zero-order valence-electron chi connectivity index (χ0n) is 12.8. The first kappa shape index (κ1) is 15.9. The van der Waals surface area contributed by atoms with Gasteiger partial charge in [0.2, 0.25) is 6.10 Å². The van der Waals surface area contributed by atoms with Gasteiger partial charge in [0.05, 0.1) is 18.5 Å². The number of carbonyl (C=O) groups is 1. The van der Waals surface area contributed by atoms with Gasteiger partial charge in [-0.05, 0) is 42.0 Å². The van der Waals surface area contributed by atoms with Gasteiger partial charge in [-0.2, -0.15) is 0 Å². The summed E-state index contributed by atoms with van der Waals surface area (Å²) in [4.78, 5) is 17.3. The molecule has 1 aliphatic rings. The van der Waals surface area contributed by atoms with Crippen molar-refractivity contribution in [1.29, 1.82) is 0 Å². The summed E-state index contributed by atoms with van der Waals surface area (Å²) in [5.41, 5.74) is 1.30. The van der Waals surface area contributed by atoms with Gasteiger partial charge in [0.1, 0.15) is 17.4 Å². The number of oxime groups is 1. The molecule has 0 saturated heterocycles. The van der Waals surface area contributed by atoms with Gasteiger partial charge in [-0.15, -0.1) is 0 Å². The molecule has 7 heteroatoms. The fourth-order valence-electron chi connectivity index (χ4n) is 2.28. The number of benzene rings is 2. The van der Waals surface area contributed by atoms with Crippen molar-refractivity contribution in [3.63, 3.8) is 0 Å². The molecule has 1 unspecified atom stereocenters. The fraction of sp³-hybridized carbons (Fsp3) is 0.176. The molecule has 1 heterocycles. The smallest absolute Gasteiger partial charge is 0.268 e. The maximum absolute atomic E-state index is 13.6. The van der Waals surface area contributed by atoms with Crippen LogP contribution in [0.3, 0.4) is 0 Å². The molecule has 0 fully saturated rings. The zero-order chi connectivity index (χ0) is 17.1. The third-order valence-corrected chi connectivity index (χ3v) is 3.57. The standard InChI is InChI=1S/C17H14F2N2O3/c1-23-12-5-2-10(3-6-12)15-9-16(24-21-15)17(22)20-14-7-4-11(18)8-13(14)19/h2-8,16H,9H2,1H3,(H,20,22). The first-order valence-corrected chi connectivity index (χ1v) is 7.20. The highest BCUT2D eigenvalue weighted by Crippen LogP contribution is 2.21. The molecule has 0 saturated carbocycles. The van der Waals surface area contributed by atoms with Crippen LogP contribution in [-0.2, 0) is 9.63 Å². The van der Waals surface area contributed by atoms with Crippen LogP contribution in [0.4, 0.5) is 14.5 Å². The third-order valence-electron chi connectivity index (χ3n) is 3.57. The molecule has 1 aliphatic heterocycles. The minimum Gasteiger partial charge on any atom is -0.497 e. The molecule has 0 spiro atoms. The first-order valence-electron chi connectivity index (χ1n) is 7.20. The molecule has 1 atom stereocenters. The summed E-state index contributed by atoms with van der Waals surface area (Å²) < 4.78 is 31.5. The summed E-state index contributed by atoms with van der Waals surface area (Å²) in [5, 5.41) is 6.27. The van der Waals surface area contributed by atoms with Crippen LogP contribution in [0, 0.1) is 11.6 Å².